The van der Waals surface area contributed by atoms with Gasteiger partial charge in [0.1, 0.15) is 0 Å². The average molecular weight is 249 g/mol. The fourth-order valence-electron chi connectivity index (χ4n) is 1.01. The smallest absolute Gasteiger partial charge is 0.185 e. The lowest BCUT2D eigenvalue weighted by atomic mass is 10.4. The number of nitrogens with zero attached hydrogens (tertiary/aromatic N) is 2. The number of rotatable bonds is 5. The Balaban J connectivity index is 2.45. The number of thiazole rings is 1. The molecule has 0 saturated heterocycles. The number of alkyl halides is 1. The van der Waals surface area contributed by atoms with E-state index in [4.69, 9.17) is 0 Å². The normalized spacial score (nSPS) is 10.2. The molecule has 12 heavy (non-hydrogen) atoms. The van der Waals surface area contributed by atoms with E-state index < -0.39 is 0 Å². The Morgan fingerprint density at radius 2 is 2.50 bits per heavy atom. The van der Waals surface area contributed by atoms with Gasteiger partial charge in [-0.15, -0.1) is 11.3 Å². The van der Waals surface area contributed by atoms with E-state index >= 15 is 0 Å². The van der Waals surface area contributed by atoms with Crippen molar-refractivity contribution in [3.05, 3.63) is 11.6 Å². The van der Waals surface area contributed by atoms with Crippen LogP contribution >= 0.6 is 27.3 Å². The van der Waals surface area contributed by atoms with E-state index in [0.29, 0.717) is 0 Å². The second-order valence-corrected chi connectivity index (χ2v) is 4.10. The van der Waals surface area contributed by atoms with Gasteiger partial charge in [0.2, 0.25) is 0 Å². The lowest BCUT2D eigenvalue weighted by molar-refractivity contribution is 0.795. The molecule has 0 atom stereocenters. The second kappa shape index (κ2) is 5.54. The Kier molecular flexibility index (Phi) is 4.61. The fourth-order valence-corrected chi connectivity index (χ4v) is 2.00. The van der Waals surface area contributed by atoms with Crippen LogP contribution in [0.3, 0.4) is 0 Å². The second-order valence-electron chi connectivity index (χ2n) is 2.44. The summed E-state index contributed by atoms with van der Waals surface area (Å²) in [5, 5.41) is 4.22. The molecule has 1 rings (SSSR count). The summed E-state index contributed by atoms with van der Waals surface area (Å²) in [6, 6.07) is 0. The van der Waals surface area contributed by atoms with Crippen LogP contribution in [0.15, 0.2) is 11.6 Å². The highest BCUT2D eigenvalue weighted by atomic mass is 79.9. The Morgan fingerprint density at radius 1 is 1.67 bits per heavy atom. The Hall–Kier alpha value is -0.0900. The molecule has 0 spiro atoms. The summed E-state index contributed by atoms with van der Waals surface area (Å²) >= 11 is 5.13. The van der Waals surface area contributed by atoms with Crippen LogP contribution in [0.4, 0.5) is 5.13 Å². The maximum atomic E-state index is 4.27. The molecule has 1 aromatic heterocycles. The Morgan fingerprint density at radius 3 is 3.00 bits per heavy atom. The molecule has 0 unspecified atom stereocenters. The molecule has 0 saturated carbocycles. The summed E-state index contributed by atoms with van der Waals surface area (Å²) in [7, 11) is 0. The zero-order valence-electron chi connectivity index (χ0n) is 7.16. The van der Waals surface area contributed by atoms with Crippen LogP contribution in [0.25, 0.3) is 0 Å². The summed E-state index contributed by atoms with van der Waals surface area (Å²) in [5.74, 6) is 0. The van der Waals surface area contributed by atoms with Crippen molar-refractivity contribution >= 4 is 32.4 Å². The van der Waals surface area contributed by atoms with Crippen molar-refractivity contribution in [2.75, 3.05) is 23.3 Å². The van der Waals surface area contributed by atoms with Crippen LogP contribution in [-0.4, -0.2) is 23.4 Å². The molecule has 0 radical (unpaired) electrons. The quantitative estimate of drug-likeness (QED) is 0.746. The van der Waals surface area contributed by atoms with Gasteiger partial charge >= 0.3 is 0 Å². The van der Waals surface area contributed by atoms with Gasteiger partial charge in [0, 0.05) is 30.0 Å². The molecule has 4 heteroatoms. The third kappa shape index (κ3) is 2.75. The number of halogens is 1. The van der Waals surface area contributed by atoms with Gasteiger partial charge in [-0.3, -0.25) is 0 Å². The van der Waals surface area contributed by atoms with Crippen molar-refractivity contribution in [2.45, 2.75) is 13.3 Å². The maximum Gasteiger partial charge on any atom is 0.185 e. The van der Waals surface area contributed by atoms with Gasteiger partial charge in [-0.05, 0) is 13.3 Å². The van der Waals surface area contributed by atoms with E-state index in [1.807, 2.05) is 11.6 Å². The van der Waals surface area contributed by atoms with Crippen molar-refractivity contribution in [2.24, 2.45) is 0 Å². The van der Waals surface area contributed by atoms with E-state index in [0.717, 1.165) is 23.6 Å². The minimum absolute atomic E-state index is 1.04. The van der Waals surface area contributed by atoms with E-state index in [1.165, 1.54) is 6.42 Å². The molecular formula is C8H13BrN2S. The van der Waals surface area contributed by atoms with Crippen LogP contribution < -0.4 is 4.90 Å². The predicted molar refractivity (Wildman–Crippen MR) is 58.4 cm³/mol. The van der Waals surface area contributed by atoms with Crippen molar-refractivity contribution in [3.63, 3.8) is 0 Å². The number of hydrogen-bond acceptors (Lipinski definition) is 3. The van der Waals surface area contributed by atoms with Crippen molar-refractivity contribution in [1.82, 2.24) is 4.98 Å². The minimum atomic E-state index is 1.04. The number of aromatic nitrogens is 1. The predicted octanol–water partition coefficient (Wildman–Crippen LogP) is 2.75. The Bertz CT molecular complexity index is 201. The van der Waals surface area contributed by atoms with Gasteiger partial charge < -0.3 is 4.90 Å². The van der Waals surface area contributed by atoms with E-state index in [-0.39, 0.29) is 0 Å². The molecule has 1 aromatic rings. The average Bonchev–Trinajstić information content (AvgIpc) is 2.59. The number of hydrogen-bond donors (Lipinski definition) is 0. The lowest BCUT2D eigenvalue weighted by Gasteiger charge is -2.18. The molecule has 2 nitrogen and oxygen atoms in total. The zero-order chi connectivity index (χ0) is 8.81. The Labute approximate surface area is 85.7 Å². The van der Waals surface area contributed by atoms with Crippen LogP contribution in [0, 0.1) is 0 Å². The topological polar surface area (TPSA) is 16.1 Å². The molecule has 0 fully saturated rings. The van der Waals surface area contributed by atoms with Crippen molar-refractivity contribution in [1.29, 1.82) is 0 Å². The van der Waals surface area contributed by atoms with Gasteiger partial charge in [0.25, 0.3) is 0 Å². The molecule has 0 aliphatic carbocycles. The zero-order valence-corrected chi connectivity index (χ0v) is 9.57. The summed E-state index contributed by atoms with van der Waals surface area (Å²) in [4.78, 5) is 6.57. The lowest BCUT2D eigenvalue weighted by Crippen LogP contribution is -2.23. The standard InChI is InChI=1S/C8H13BrN2S/c1-2-11(6-3-4-9)8-10-5-7-12-8/h5,7H,2-4,6H2,1H3. The largest absolute Gasteiger partial charge is 0.348 e. The van der Waals surface area contributed by atoms with Crippen molar-refractivity contribution in [3.8, 4) is 0 Å². The molecule has 0 amide bonds. The molecule has 0 aliphatic rings. The van der Waals surface area contributed by atoms with Crippen LogP contribution in [0.5, 0.6) is 0 Å². The van der Waals surface area contributed by atoms with Crippen LogP contribution in [0.2, 0.25) is 0 Å². The van der Waals surface area contributed by atoms with Gasteiger partial charge in [-0.25, -0.2) is 4.98 Å². The first-order valence-electron chi connectivity index (χ1n) is 4.09. The monoisotopic (exact) mass is 248 g/mol. The van der Waals surface area contributed by atoms with Gasteiger partial charge in [-0.1, -0.05) is 15.9 Å². The van der Waals surface area contributed by atoms with E-state index in [9.17, 15) is 0 Å². The molecule has 0 aliphatic heterocycles. The van der Waals surface area contributed by atoms with Crippen LogP contribution in [-0.2, 0) is 0 Å². The maximum absolute atomic E-state index is 4.27. The first-order chi connectivity index (χ1) is 5.88. The molecule has 0 bridgehead atoms. The fraction of sp³-hybridized carbons (Fsp3) is 0.625. The van der Waals surface area contributed by atoms with E-state index in [2.05, 4.69) is 32.7 Å². The minimum Gasteiger partial charge on any atom is -0.348 e. The first kappa shape index (κ1) is 9.99. The van der Waals surface area contributed by atoms with Gasteiger partial charge in [0.15, 0.2) is 5.13 Å². The highest BCUT2D eigenvalue weighted by Gasteiger charge is 2.04. The van der Waals surface area contributed by atoms with Gasteiger partial charge in [0.05, 0.1) is 0 Å². The summed E-state index contributed by atoms with van der Waals surface area (Å²) in [6.45, 7) is 4.30. The van der Waals surface area contributed by atoms with Crippen molar-refractivity contribution < 1.29 is 0 Å². The summed E-state index contributed by atoms with van der Waals surface area (Å²) in [5.41, 5.74) is 0. The first-order valence-corrected chi connectivity index (χ1v) is 6.09. The highest BCUT2D eigenvalue weighted by Crippen LogP contribution is 2.16. The van der Waals surface area contributed by atoms with Crippen LogP contribution in [0.1, 0.15) is 13.3 Å². The van der Waals surface area contributed by atoms with Gasteiger partial charge in [-0.2, -0.15) is 0 Å². The summed E-state index contributed by atoms with van der Waals surface area (Å²) < 4.78 is 0. The third-order valence-electron chi connectivity index (χ3n) is 1.63. The molecule has 68 valence electrons. The SMILES string of the molecule is CCN(CCCBr)c1nccs1. The third-order valence-corrected chi connectivity index (χ3v) is 3.03. The summed E-state index contributed by atoms with van der Waals surface area (Å²) in [6.07, 6.45) is 3.03. The molecule has 0 N–H and O–H groups in total. The number of anilines is 1. The molecule has 1 heterocycles. The molecule has 0 aromatic carbocycles. The van der Waals surface area contributed by atoms with E-state index in [1.54, 1.807) is 11.3 Å². The molecular weight excluding hydrogens is 236 g/mol. The highest BCUT2D eigenvalue weighted by molar-refractivity contribution is 9.09.